The van der Waals surface area contributed by atoms with E-state index in [0.29, 0.717) is 0 Å². The quantitative estimate of drug-likeness (QED) is 0.230. The summed E-state index contributed by atoms with van der Waals surface area (Å²) in [6, 6.07) is 9.00. The Hall–Kier alpha value is -0.0466. The summed E-state index contributed by atoms with van der Waals surface area (Å²) in [4.78, 5) is 0. The predicted octanol–water partition coefficient (Wildman–Crippen LogP) is 5.85. The van der Waals surface area contributed by atoms with Gasteiger partial charge in [0, 0.05) is 19.5 Å². The number of hydrogen-bond acceptors (Lipinski definition) is 0. The second-order valence-electron chi connectivity index (χ2n) is 12.5. The summed E-state index contributed by atoms with van der Waals surface area (Å²) in [5.74, 6) is 0. The molecule has 0 spiro atoms. The van der Waals surface area contributed by atoms with Gasteiger partial charge < -0.3 is 12.4 Å². The molecule has 0 aromatic heterocycles. The molecule has 0 fully saturated rings. The molecule has 1 radical (unpaired) electrons. The van der Waals surface area contributed by atoms with Gasteiger partial charge in [0.25, 0.3) is 0 Å². The average molecular weight is 593 g/mol. The molecule has 0 N–H and O–H groups in total. The van der Waals surface area contributed by atoms with Gasteiger partial charge in [-0.3, -0.25) is 0 Å². The van der Waals surface area contributed by atoms with Crippen LogP contribution in [-0.2, 0) is 19.5 Å². The van der Waals surface area contributed by atoms with Crippen molar-refractivity contribution < 1.29 is 31.9 Å². The number of rotatable bonds is 2. The maximum Gasteiger partial charge on any atom is 0.112 e. The molecule has 2 rings (SSSR count). The van der Waals surface area contributed by atoms with E-state index in [1.165, 1.54) is 21.7 Å². The van der Waals surface area contributed by atoms with Crippen LogP contribution in [0.15, 0.2) is 54.1 Å². The Morgan fingerprint density at radius 3 is 1.61 bits per heavy atom. The summed E-state index contributed by atoms with van der Waals surface area (Å²) < 4.78 is 0. The zero-order valence-corrected chi connectivity index (χ0v) is 26.9. The van der Waals surface area contributed by atoms with Gasteiger partial charge in [-0.05, 0) is 57.9 Å². The largest absolute Gasteiger partial charge is 1.00 e. The Morgan fingerprint density at radius 1 is 0.697 bits per heavy atom. The average Bonchev–Trinajstić information content (AvgIpc) is 2.53. The van der Waals surface area contributed by atoms with Crippen LogP contribution in [0.2, 0.25) is 0 Å². The summed E-state index contributed by atoms with van der Waals surface area (Å²) in [5, 5.41) is 3.87. The van der Waals surface area contributed by atoms with Gasteiger partial charge in [-0.2, -0.15) is 0 Å². The van der Waals surface area contributed by atoms with Gasteiger partial charge in [0.2, 0.25) is 0 Å². The second kappa shape index (κ2) is 11.8. The monoisotopic (exact) mass is 592 g/mol. The van der Waals surface area contributed by atoms with E-state index in [2.05, 4.69) is 138 Å². The zero-order chi connectivity index (χ0) is 23.8. The molecule has 0 bridgehead atoms. The van der Waals surface area contributed by atoms with E-state index in [1.54, 1.807) is 0 Å². The maximum absolute atomic E-state index is 3.92. The Morgan fingerprint density at radius 2 is 1.15 bits per heavy atom. The Kier molecular flexibility index (Phi) is 11.8. The molecular formula is C29H44ClP2Rh-. The molecule has 1 aromatic rings. The van der Waals surface area contributed by atoms with Crippen LogP contribution < -0.4 is 17.7 Å². The molecular weight excluding hydrogens is 549 g/mol. The van der Waals surface area contributed by atoms with Crippen LogP contribution >= 0.6 is 15.5 Å². The Balaban J connectivity index is 0.00000512. The third-order valence-electron chi connectivity index (χ3n) is 5.24. The molecule has 0 saturated heterocycles. The molecule has 0 unspecified atom stereocenters. The van der Waals surface area contributed by atoms with Gasteiger partial charge >= 0.3 is 0 Å². The fourth-order valence-electron chi connectivity index (χ4n) is 5.15. The van der Waals surface area contributed by atoms with Crippen molar-refractivity contribution in [2.75, 3.05) is 0 Å². The van der Waals surface area contributed by atoms with Crippen LogP contribution in [0.25, 0.3) is 0 Å². The van der Waals surface area contributed by atoms with E-state index in [-0.39, 0.29) is 68.0 Å². The van der Waals surface area contributed by atoms with E-state index in [1.807, 2.05) is 0 Å². The van der Waals surface area contributed by atoms with Gasteiger partial charge in [-0.15, -0.1) is 23.8 Å². The normalized spacial score (nSPS) is 16.0. The van der Waals surface area contributed by atoms with E-state index in [9.17, 15) is 0 Å². The number of benzene rings is 1. The molecule has 187 valence electrons. The third kappa shape index (κ3) is 8.54. The molecule has 1 aromatic carbocycles. The summed E-state index contributed by atoms with van der Waals surface area (Å²) in [6.45, 7) is 28.8. The van der Waals surface area contributed by atoms with Crippen LogP contribution in [-0.4, -0.2) is 25.9 Å². The SMILES string of the molecule is CC(C)(C)P(c1ccccc1[C-]=C1C=CC=CC1=[P+](C(C)(C)C)C(C)(C)C)C(C)(C)C.[Cl-].[Rh]. The van der Waals surface area contributed by atoms with Crippen LogP contribution in [0.5, 0.6) is 0 Å². The first-order valence-corrected chi connectivity index (χ1v) is 14.2. The molecule has 33 heavy (non-hydrogen) atoms. The third-order valence-corrected chi connectivity index (χ3v) is 12.4. The molecule has 1 aliphatic carbocycles. The van der Waals surface area contributed by atoms with Crippen molar-refractivity contribution in [1.29, 1.82) is 0 Å². The molecule has 0 atom stereocenters. The first-order valence-electron chi connectivity index (χ1n) is 11.5. The van der Waals surface area contributed by atoms with Crippen molar-refractivity contribution in [1.82, 2.24) is 0 Å². The minimum absolute atomic E-state index is 0. The van der Waals surface area contributed by atoms with Crippen LogP contribution in [0, 0.1) is 6.08 Å². The predicted molar refractivity (Wildman–Crippen MR) is 148 cm³/mol. The molecule has 4 heteroatoms. The molecule has 0 saturated carbocycles. The van der Waals surface area contributed by atoms with Gasteiger partial charge in [0.1, 0.15) is 10.3 Å². The van der Waals surface area contributed by atoms with Crippen molar-refractivity contribution in [2.45, 2.75) is 104 Å². The fourth-order valence-corrected chi connectivity index (χ4v) is 13.3. The molecule has 0 amide bonds. The second-order valence-corrected chi connectivity index (χ2v) is 20.2. The summed E-state index contributed by atoms with van der Waals surface area (Å²) in [7, 11) is -0.764. The van der Waals surface area contributed by atoms with Crippen LogP contribution in [0.3, 0.4) is 0 Å². The van der Waals surface area contributed by atoms with Crippen molar-refractivity contribution in [3.05, 3.63) is 65.8 Å². The summed E-state index contributed by atoms with van der Waals surface area (Å²) in [6.07, 6.45) is 12.9. The van der Waals surface area contributed by atoms with E-state index < -0.39 is 0 Å². The first-order chi connectivity index (χ1) is 13.9. The van der Waals surface area contributed by atoms with Crippen LogP contribution in [0.1, 0.15) is 88.6 Å². The minimum Gasteiger partial charge on any atom is -1.00 e. The van der Waals surface area contributed by atoms with Crippen molar-refractivity contribution in [2.24, 2.45) is 0 Å². The van der Waals surface area contributed by atoms with E-state index in [0.717, 1.165) is 0 Å². The molecule has 0 nitrogen and oxygen atoms in total. The molecule has 0 aliphatic heterocycles. The zero-order valence-electron chi connectivity index (χ0n) is 22.7. The fraction of sp³-hybridized carbons (Fsp3) is 0.552. The van der Waals surface area contributed by atoms with Crippen LogP contribution in [0.4, 0.5) is 0 Å². The van der Waals surface area contributed by atoms with E-state index >= 15 is 0 Å². The molecule has 1 aliphatic rings. The maximum atomic E-state index is 3.92. The van der Waals surface area contributed by atoms with Gasteiger partial charge in [-0.1, -0.05) is 90.7 Å². The Bertz CT molecular complexity index is 894. The summed E-state index contributed by atoms with van der Waals surface area (Å²) >= 11 is 0. The first kappa shape index (κ1) is 33.0. The summed E-state index contributed by atoms with van der Waals surface area (Å²) in [5.41, 5.74) is 2.53. The van der Waals surface area contributed by atoms with Crippen molar-refractivity contribution >= 4 is 26.1 Å². The smallest absolute Gasteiger partial charge is 0.112 e. The van der Waals surface area contributed by atoms with Gasteiger partial charge in [-0.25, -0.2) is 0 Å². The Labute approximate surface area is 226 Å². The number of hydrogen-bond donors (Lipinski definition) is 0. The van der Waals surface area contributed by atoms with Gasteiger partial charge in [0.05, 0.1) is 12.8 Å². The molecule has 0 heterocycles. The van der Waals surface area contributed by atoms with Crippen molar-refractivity contribution in [3.63, 3.8) is 0 Å². The topological polar surface area (TPSA) is 0 Å². The number of allylic oxidation sites excluding steroid dienone is 5. The van der Waals surface area contributed by atoms with E-state index in [4.69, 9.17) is 0 Å². The van der Waals surface area contributed by atoms with Crippen molar-refractivity contribution in [3.8, 4) is 0 Å². The number of halogens is 1. The van der Waals surface area contributed by atoms with Gasteiger partial charge in [0.15, 0.2) is 0 Å². The standard InChI is InChI=1S/C29H44P2.ClH.Rh/c1-26(2,3)30(27(4,5)6)24-19-15-13-17-22(24)21-23-18-14-16-20-25(23)31(28(7,8)9)29(10,11)12;;/h13-20H,1-12H3;1H;/p-1. The minimum atomic E-state index is -0.382.